The number of hydrogen-bond donors (Lipinski definition) is 0. The van der Waals surface area contributed by atoms with E-state index in [2.05, 4.69) is 15.9 Å². The van der Waals surface area contributed by atoms with E-state index in [1.807, 2.05) is 0 Å². The van der Waals surface area contributed by atoms with E-state index in [1.165, 1.54) is 0 Å². The van der Waals surface area contributed by atoms with Gasteiger partial charge in [-0.1, -0.05) is 64.3 Å². The molecule has 0 spiro atoms. The molecule has 17 heavy (non-hydrogen) atoms. The highest BCUT2D eigenvalue weighted by Crippen LogP contribution is 2.26. The van der Waals surface area contributed by atoms with Crippen molar-refractivity contribution in [2.24, 2.45) is 0 Å². The lowest BCUT2D eigenvalue weighted by Crippen LogP contribution is -1.78. The van der Waals surface area contributed by atoms with Crippen molar-refractivity contribution in [2.75, 3.05) is 0 Å². The summed E-state index contributed by atoms with van der Waals surface area (Å²) in [5, 5.41) is -0.431. The van der Waals surface area contributed by atoms with E-state index in [0.717, 1.165) is 0 Å². The van der Waals surface area contributed by atoms with Gasteiger partial charge in [0, 0.05) is 4.47 Å². The molecule has 3 rings (SSSR count). The van der Waals surface area contributed by atoms with Gasteiger partial charge in [0.05, 0.1) is 15.1 Å². The molecule has 0 aliphatic heterocycles. The minimum atomic E-state index is -0.648. The zero-order chi connectivity index (χ0) is 21.2. The van der Waals surface area contributed by atoms with Gasteiger partial charge in [-0.15, -0.1) is 0 Å². The van der Waals surface area contributed by atoms with Crippen LogP contribution in [0.2, 0.25) is 0 Å². The average molecular weight is 294 g/mol. The molecule has 0 atom stereocenters. The molecule has 0 radical (unpaired) electrons. The number of rotatable bonds is 1. The second-order valence-corrected chi connectivity index (χ2v) is 3.98. The molecule has 0 nitrogen and oxygen atoms in total. The number of fused-ring (bicyclic) bond motifs is 1. The third-order valence-corrected chi connectivity index (χ3v) is 2.49. The highest BCUT2D eigenvalue weighted by Gasteiger charge is 1.99. The summed E-state index contributed by atoms with van der Waals surface area (Å²) in [6.07, 6.45) is 0. The van der Waals surface area contributed by atoms with Crippen LogP contribution in [-0.4, -0.2) is 0 Å². The maximum absolute atomic E-state index is 8.47. The summed E-state index contributed by atoms with van der Waals surface area (Å²) >= 11 is 3.02. The van der Waals surface area contributed by atoms with Gasteiger partial charge in [-0.2, -0.15) is 0 Å². The lowest BCUT2D eigenvalue weighted by molar-refractivity contribution is 1.64. The number of benzene rings is 3. The maximum Gasteiger partial charge on any atom is 0.0641 e. The van der Waals surface area contributed by atoms with Gasteiger partial charge < -0.3 is 0 Å². The molecule has 3 aromatic rings. The Morgan fingerprint density at radius 3 is 2.24 bits per heavy atom. The minimum Gasteiger partial charge on any atom is -0.0622 e. The van der Waals surface area contributed by atoms with Crippen molar-refractivity contribution in [3.63, 3.8) is 0 Å². The van der Waals surface area contributed by atoms with Crippen molar-refractivity contribution >= 4 is 26.7 Å². The van der Waals surface area contributed by atoms with Gasteiger partial charge in [0.2, 0.25) is 0 Å². The van der Waals surface area contributed by atoms with Crippen molar-refractivity contribution < 1.29 is 15.1 Å². The second kappa shape index (κ2) is 4.34. The fourth-order valence-electron chi connectivity index (χ4n) is 1.35. The fourth-order valence-corrected chi connectivity index (χ4v) is 1.65. The lowest BCUT2D eigenvalue weighted by atomic mass is 10.0. The third-order valence-electron chi connectivity index (χ3n) is 2.09. The van der Waals surface area contributed by atoms with E-state index in [4.69, 9.17) is 15.1 Å². The monoisotopic (exact) mass is 293 g/mol. The van der Waals surface area contributed by atoms with Crippen LogP contribution in [0.5, 0.6) is 0 Å². The summed E-state index contributed by atoms with van der Waals surface area (Å²) in [4.78, 5) is 0. The van der Waals surface area contributed by atoms with Crippen LogP contribution in [0.15, 0.2) is 70.9 Å². The Bertz CT molecular complexity index is 1160. The van der Waals surface area contributed by atoms with Gasteiger partial charge in [0.25, 0.3) is 0 Å². The Balaban J connectivity index is 2.64. The molecule has 0 aliphatic rings. The first kappa shape index (κ1) is 3.96. The van der Waals surface area contributed by atoms with E-state index in [-0.39, 0.29) is 27.3 Å². The fraction of sp³-hybridized carbons (Fsp3) is 0. The molecule has 0 heterocycles. The first-order valence-electron chi connectivity index (χ1n) is 10.2. The molecule has 0 aromatic heterocycles. The molecule has 0 saturated heterocycles. The SMILES string of the molecule is [2H]c1c([2H])c([2H])c(-c2c([2H])c([2H])c3c([2H])c(Br)c([2H])c([2H])c3c2[2H])c([2H])c1[2H]. The third kappa shape index (κ3) is 2.11. The van der Waals surface area contributed by atoms with Crippen LogP contribution in [0.4, 0.5) is 0 Å². The summed E-state index contributed by atoms with van der Waals surface area (Å²) in [6, 6.07) is -5.99. The van der Waals surface area contributed by atoms with Gasteiger partial charge in [-0.25, -0.2) is 0 Å². The summed E-state index contributed by atoms with van der Waals surface area (Å²) < 4.78 is 88.6. The summed E-state index contributed by atoms with van der Waals surface area (Å²) in [5.74, 6) is 0. The Hall–Kier alpha value is -1.60. The standard InChI is InChI=1S/C16H11Br/c17-16-9-8-14-10-13(6-7-15(14)11-16)12-4-2-1-3-5-12/h1-11H/i1D,2D,3D,4D,5D,6D,7D,8D,9D,10D,11D. The smallest absolute Gasteiger partial charge is 0.0622 e. The van der Waals surface area contributed by atoms with Crippen LogP contribution in [0.1, 0.15) is 15.1 Å². The first-order chi connectivity index (χ1) is 12.9. The topological polar surface area (TPSA) is 0 Å². The molecule has 0 unspecified atom stereocenters. The number of halogens is 1. The van der Waals surface area contributed by atoms with Gasteiger partial charge in [-0.05, 0) is 40.0 Å². The molecule has 1 heteroatoms. The Morgan fingerprint density at radius 1 is 0.706 bits per heavy atom. The second-order valence-electron chi connectivity index (χ2n) is 3.19. The van der Waals surface area contributed by atoms with E-state index < -0.39 is 65.5 Å². The van der Waals surface area contributed by atoms with E-state index in [0.29, 0.717) is 0 Å². The molecule has 3 aromatic carbocycles. The zero-order valence-electron chi connectivity index (χ0n) is 19.4. The Labute approximate surface area is 124 Å². The maximum atomic E-state index is 8.47. The molecular formula is C16H11Br. The van der Waals surface area contributed by atoms with Gasteiger partial charge in [0.15, 0.2) is 0 Å². The molecular weight excluding hydrogens is 272 g/mol. The van der Waals surface area contributed by atoms with E-state index >= 15 is 0 Å². The first-order valence-corrected chi connectivity index (χ1v) is 5.48. The summed E-state index contributed by atoms with van der Waals surface area (Å²) in [5.41, 5.74) is -0.819. The van der Waals surface area contributed by atoms with Crippen molar-refractivity contribution in [1.29, 1.82) is 0 Å². The summed E-state index contributed by atoms with van der Waals surface area (Å²) in [7, 11) is 0. The van der Waals surface area contributed by atoms with Crippen LogP contribution in [0, 0.1) is 0 Å². The van der Waals surface area contributed by atoms with Gasteiger partial charge in [-0.3, -0.25) is 0 Å². The van der Waals surface area contributed by atoms with Crippen LogP contribution >= 0.6 is 15.9 Å². The predicted octanol–water partition coefficient (Wildman–Crippen LogP) is 5.27. The van der Waals surface area contributed by atoms with Crippen molar-refractivity contribution in [2.45, 2.75) is 0 Å². The van der Waals surface area contributed by atoms with Gasteiger partial charge >= 0.3 is 0 Å². The molecule has 0 aliphatic carbocycles. The quantitative estimate of drug-likeness (QED) is 0.573. The van der Waals surface area contributed by atoms with E-state index in [9.17, 15) is 0 Å². The number of hydrogen-bond acceptors (Lipinski definition) is 0. The molecule has 0 fully saturated rings. The Kier molecular flexibility index (Phi) is 1.01. The van der Waals surface area contributed by atoms with Crippen LogP contribution < -0.4 is 0 Å². The highest BCUT2D eigenvalue weighted by molar-refractivity contribution is 9.10. The zero-order valence-corrected chi connectivity index (χ0v) is 9.96. The van der Waals surface area contributed by atoms with Crippen molar-refractivity contribution in [3.8, 4) is 11.1 Å². The van der Waals surface area contributed by atoms with E-state index in [1.54, 1.807) is 0 Å². The normalized spacial score (nSPS) is 19.7. The lowest BCUT2D eigenvalue weighted by Gasteiger charge is -2.04. The van der Waals surface area contributed by atoms with Crippen molar-refractivity contribution in [1.82, 2.24) is 0 Å². The van der Waals surface area contributed by atoms with Crippen molar-refractivity contribution in [3.05, 3.63) is 70.9 Å². The van der Waals surface area contributed by atoms with Crippen LogP contribution in [0.25, 0.3) is 21.9 Å². The molecule has 0 amide bonds. The molecule has 82 valence electrons. The Morgan fingerprint density at radius 2 is 1.41 bits per heavy atom. The van der Waals surface area contributed by atoms with Crippen LogP contribution in [-0.2, 0) is 0 Å². The molecule has 0 N–H and O–H groups in total. The van der Waals surface area contributed by atoms with Crippen LogP contribution in [0.3, 0.4) is 0 Å². The summed E-state index contributed by atoms with van der Waals surface area (Å²) in [6.45, 7) is 0. The molecule has 0 saturated carbocycles. The highest BCUT2D eigenvalue weighted by atomic mass is 79.9. The largest absolute Gasteiger partial charge is 0.0641 e. The van der Waals surface area contributed by atoms with Gasteiger partial charge in [0.1, 0.15) is 0 Å². The minimum absolute atomic E-state index is 0.0483. The predicted molar refractivity (Wildman–Crippen MR) is 77.1 cm³/mol. The molecule has 0 bridgehead atoms. The average Bonchev–Trinajstić information content (AvgIpc) is 2.66.